The highest BCUT2D eigenvalue weighted by Gasteiger charge is 2.35. The highest BCUT2D eigenvalue weighted by Crippen LogP contribution is 2.20. The number of para-hydroxylation sites is 1. The van der Waals surface area contributed by atoms with Crippen LogP contribution in [0.5, 0.6) is 0 Å². The van der Waals surface area contributed by atoms with Crippen LogP contribution in [0, 0.1) is 11.8 Å². The molecule has 2 aromatic carbocycles. The average Bonchev–Trinajstić information content (AvgIpc) is 4.08. The first-order chi connectivity index (χ1) is 40.0. The van der Waals surface area contributed by atoms with Crippen molar-refractivity contribution in [2.24, 2.45) is 28.3 Å². The van der Waals surface area contributed by atoms with Gasteiger partial charge < -0.3 is 77.9 Å². The number of amides is 8. The number of alkyl carbamates (subject to hydrolysis) is 3. The highest BCUT2D eigenvalue weighted by atomic mass is 16.6. The van der Waals surface area contributed by atoms with Crippen molar-refractivity contribution in [2.75, 3.05) is 26.7 Å². The van der Waals surface area contributed by atoms with Crippen molar-refractivity contribution in [3.05, 3.63) is 71.9 Å². The Hall–Kier alpha value is -8.12. The van der Waals surface area contributed by atoms with Crippen molar-refractivity contribution >= 4 is 70.6 Å². The number of hydrogen-bond acceptors (Lipinski definition) is 14. The van der Waals surface area contributed by atoms with Gasteiger partial charge in [0.25, 0.3) is 0 Å². The van der Waals surface area contributed by atoms with Crippen LogP contribution in [0.1, 0.15) is 145 Å². The van der Waals surface area contributed by atoms with Crippen LogP contribution in [-0.2, 0) is 60.7 Å². The minimum absolute atomic E-state index is 0.00206. The first-order valence-corrected chi connectivity index (χ1v) is 29.2. The Morgan fingerprint density at radius 3 is 1.58 bits per heavy atom. The van der Waals surface area contributed by atoms with Crippen molar-refractivity contribution in [1.29, 1.82) is 0 Å². The number of esters is 1. The second-order valence-corrected chi connectivity index (χ2v) is 23.6. The van der Waals surface area contributed by atoms with Gasteiger partial charge in [0.05, 0.1) is 7.11 Å². The third kappa shape index (κ3) is 28.3. The van der Waals surface area contributed by atoms with Gasteiger partial charge in [-0.05, 0) is 122 Å². The number of ether oxygens (including phenoxy) is 4. The van der Waals surface area contributed by atoms with E-state index in [1.54, 1.807) is 85.9 Å². The third-order valence-electron chi connectivity index (χ3n) is 12.9. The molecule has 3 rings (SSSR count). The van der Waals surface area contributed by atoms with Gasteiger partial charge in [0.1, 0.15) is 54.1 Å². The number of methoxy groups -OCH3 is 1. The SMILES string of the molecule is COC(=O)C(NC(=O)C(CCCCCNC(=O)OC(C)(C)C)NC(=O)C(CCCCNC(=O)OC(C)(C)C)NC(=O)C(CCCN=C(N)N)NC(=O)C(CC(C)C)NC(=O)C(Cc1c[nH]c2ccccc12)NC(=O)OCc1ccccc1)C(C)C. The first-order valence-electron chi connectivity index (χ1n) is 29.2. The fourth-order valence-corrected chi connectivity index (χ4v) is 8.75. The normalized spacial score (nSPS) is 13.6. The van der Waals surface area contributed by atoms with Crippen LogP contribution in [0.3, 0.4) is 0 Å². The molecule has 85 heavy (non-hydrogen) atoms. The summed E-state index contributed by atoms with van der Waals surface area (Å²) < 4.78 is 21.1. The molecule has 25 nitrogen and oxygen atoms in total. The lowest BCUT2D eigenvalue weighted by atomic mass is 10.00. The van der Waals surface area contributed by atoms with Crippen LogP contribution in [0.4, 0.5) is 14.4 Å². The molecule has 472 valence electrons. The molecule has 1 aromatic heterocycles. The molecule has 6 unspecified atom stereocenters. The number of aliphatic imine (C=N–C) groups is 1. The van der Waals surface area contributed by atoms with Crippen molar-refractivity contribution < 1.29 is 62.1 Å². The maximum atomic E-state index is 14.7. The summed E-state index contributed by atoms with van der Waals surface area (Å²) in [5.74, 6) is -5.22. The van der Waals surface area contributed by atoms with E-state index in [1.165, 1.54) is 7.11 Å². The number of carbonyl (C=O) groups excluding carboxylic acids is 9. The molecule has 25 heteroatoms. The van der Waals surface area contributed by atoms with Crippen molar-refractivity contribution in [1.82, 2.24) is 47.5 Å². The maximum absolute atomic E-state index is 14.7. The van der Waals surface area contributed by atoms with E-state index in [9.17, 15) is 43.2 Å². The zero-order valence-corrected chi connectivity index (χ0v) is 51.4. The molecule has 0 aliphatic carbocycles. The van der Waals surface area contributed by atoms with Gasteiger partial charge in [0.2, 0.25) is 29.5 Å². The van der Waals surface area contributed by atoms with Gasteiger partial charge in [0.15, 0.2) is 5.96 Å². The second kappa shape index (κ2) is 35.9. The predicted molar refractivity (Wildman–Crippen MR) is 322 cm³/mol. The van der Waals surface area contributed by atoms with Gasteiger partial charge in [-0.3, -0.25) is 29.0 Å². The van der Waals surface area contributed by atoms with E-state index < -0.39 is 107 Å². The quantitative estimate of drug-likeness (QED) is 0.0121. The topological polar surface area (TPSA) is 367 Å². The zero-order chi connectivity index (χ0) is 63.3. The number of nitrogens with two attached hydrogens (primary N) is 2. The van der Waals surface area contributed by atoms with Gasteiger partial charge in [-0.25, -0.2) is 19.2 Å². The van der Waals surface area contributed by atoms with E-state index in [-0.39, 0.29) is 83.1 Å². The minimum Gasteiger partial charge on any atom is -0.467 e. The molecule has 13 N–H and O–H groups in total. The number of aromatic amines is 1. The van der Waals surface area contributed by atoms with Crippen LogP contribution in [0.15, 0.2) is 65.8 Å². The van der Waals surface area contributed by atoms with Crippen LogP contribution >= 0.6 is 0 Å². The zero-order valence-electron chi connectivity index (χ0n) is 51.4. The number of carbonyl (C=O) groups is 9. The summed E-state index contributed by atoms with van der Waals surface area (Å²) in [6.45, 7) is 17.9. The molecule has 6 atom stereocenters. The molecule has 8 amide bonds. The third-order valence-corrected chi connectivity index (χ3v) is 12.9. The second-order valence-electron chi connectivity index (χ2n) is 23.6. The number of H-pyrrole nitrogens is 1. The maximum Gasteiger partial charge on any atom is 0.408 e. The highest BCUT2D eigenvalue weighted by molar-refractivity contribution is 5.97. The molecule has 0 aliphatic rings. The molecule has 0 radical (unpaired) electrons. The molecular weight excluding hydrogens is 1100 g/mol. The monoisotopic (exact) mass is 1190 g/mol. The van der Waals surface area contributed by atoms with Crippen LogP contribution in [0.25, 0.3) is 10.9 Å². The molecule has 3 aromatic rings. The van der Waals surface area contributed by atoms with E-state index in [2.05, 4.69) is 52.5 Å². The Morgan fingerprint density at radius 1 is 0.565 bits per heavy atom. The van der Waals surface area contributed by atoms with E-state index in [4.69, 9.17) is 30.4 Å². The Labute approximate surface area is 499 Å². The molecule has 1 heterocycles. The molecule has 0 saturated heterocycles. The number of nitrogens with one attached hydrogen (secondary N) is 9. The number of hydrogen-bond donors (Lipinski definition) is 11. The van der Waals surface area contributed by atoms with Gasteiger partial charge >= 0.3 is 24.2 Å². The number of unbranched alkanes of at least 4 members (excludes halogenated alkanes) is 3. The van der Waals surface area contributed by atoms with Gasteiger partial charge in [-0.15, -0.1) is 0 Å². The van der Waals surface area contributed by atoms with Gasteiger partial charge in [-0.1, -0.05) is 89.1 Å². The number of benzene rings is 2. The van der Waals surface area contributed by atoms with Gasteiger partial charge in [0, 0.05) is 43.2 Å². The van der Waals surface area contributed by atoms with Crippen molar-refractivity contribution in [3.8, 4) is 0 Å². The molecular formula is C60H94N12O13. The summed E-state index contributed by atoms with van der Waals surface area (Å²) in [7, 11) is 1.19. The Balaban J connectivity index is 1.98. The van der Waals surface area contributed by atoms with E-state index in [0.717, 1.165) is 16.5 Å². The van der Waals surface area contributed by atoms with E-state index in [1.807, 2.05) is 44.2 Å². The summed E-state index contributed by atoms with van der Waals surface area (Å²) in [4.78, 5) is 131. The molecule has 0 aliphatic heterocycles. The van der Waals surface area contributed by atoms with Crippen LogP contribution in [-0.4, -0.2) is 139 Å². The number of nitrogens with zero attached hydrogens (tertiary/aromatic N) is 1. The van der Waals surface area contributed by atoms with Crippen LogP contribution in [0.2, 0.25) is 0 Å². The Morgan fingerprint density at radius 2 is 1.05 bits per heavy atom. The molecule has 0 fully saturated rings. The van der Waals surface area contributed by atoms with E-state index in [0.29, 0.717) is 31.2 Å². The Bertz CT molecular complexity index is 2660. The standard InChI is InChI=1S/C60H94N12O13/c1-37(2)33-46(70-53(77)47(34-40-35-66-42-26-18-17-25-41(40)42)71-58(81)83-36-39-23-14-12-15-24-39)52(76)69-45(29-22-32-63-55(61)62)50(74)67-43(28-19-21-31-65-57(80)85-60(8,9)10)49(73)68-44(51(75)72-48(38(3)4)54(78)82-11)27-16-13-20-30-64-56(79)84-59(5,6)7/h12,14-15,17-18,23-26,35,37-38,43-48,66H,13,16,19-22,27-34,36H2,1-11H3,(H,64,79)(H,65,80)(H,67,74)(H,68,73)(H,69,76)(H,70,77)(H,71,81)(H,72,75)(H4,61,62,63). The number of rotatable bonds is 34. The van der Waals surface area contributed by atoms with Gasteiger partial charge in [-0.2, -0.15) is 0 Å². The lowest BCUT2D eigenvalue weighted by Crippen LogP contribution is -2.60. The molecule has 0 bridgehead atoms. The number of fused-ring (bicyclic) bond motifs is 1. The smallest absolute Gasteiger partial charge is 0.408 e. The minimum atomic E-state index is -1.36. The van der Waals surface area contributed by atoms with E-state index >= 15 is 0 Å². The Kier molecular flexibility index (Phi) is 30.0. The average molecular weight is 1190 g/mol. The number of guanidine groups is 1. The largest absolute Gasteiger partial charge is 0.467 e. The molecule has 0 saturated carbocycles. The predicted octanol–water partition coefficient (Wildman–Crippen LogP) is 5.14. The lowest BCUT2D eigenvalue weighted by molar-refractivity contribution is -0.146. The summed E-state index contributed by atoms with van der Waals surface area (Å²) in [6.07, 6.45) is 1.86. The van der Waals surface area contributed by atoms with Crippen LogP contribution < -0.4 is 54.0 Å². The summed E-state index contributed by atoms with van der Waals surface area (Å²) in [5, 5.41) is 22.8. The summed E-state index contributed by atoms with van der Waals surface area (Å²) in [5.41, 5.74) is 12.0. The van der Waals surface area contributed by atoms with Crippen molar-refractivity contribution in [2.45, 2.75) is 194 Å². The lowest BCUT2D eigenvalue weighted by Gasteiger charge is -2.28. The number of aromatic nitrogens is 1. The fraction of sp³-hybridized carbons (Fsp3) is 0.600. The molecule has 0 spiro atoms. The fourth-order valence-electron chi connectivity index (χ4n) is 8.75. The summed E-state index contributed by atoms with van der Waals surface area (Å²) in [6, 6.07) is 8.94. The van der Waals surface area contributed by atoms with Crippen molar-refractivity contribution in [3.63, 3.8) is 0 Å². The summed E-state index contributed by atoms with van der Waals surface area (Å²) >= 11 is 0. The first kappa shape index (κ1) is 71.1.